The molecule has 1 aliphatic carbocycles. The molecule has 164 valence electrons. The summed E-state index contributed by atoms with van der Waals surface area (Å²) in [6, 6.07) is 5.89. The van der Waals surface area contributed by atoms with Crippen molar-refractivity contribution in [3.63, 3.8) is 0 Å². The Balaban J connectivity index is 1.53. The number of carbonyl (C=O) groups excluding carboxylic acids is 3. The molecule has 0 atom stereocenters. The molecule has 1 heterocycles. The summed E-state index contributed by atoms with van der Waals surface area (Å²) in [7, 11) is 0. The molecular weight excluding hydrogens is 385 g/mol. The van der Waals surface area contributed by atoms with Crippen LogP contribution in [-0.4, -0.2) is 41.4 Å². The number of urea groups is 1. The number of nitrogens with one attached hydrogen (secondary N) is 2. The van der Waals surface area contributed by atoms with Crippen molar-refractivity contribution >= 4 is 17.8 Å². The standard InChI is InChI=1S/C23H32FN3O3/c1-4-22(2,3)17-9-12-23(13-10-17)20(29)27(21(30)26-23)15-19(28)25-14-11-16-7-5-6-8-18(16)24/h5-8,17H,4,9-15H2,1-3H3,(H,25,28)(H,26,30). The second kappa shape index (κ2) is 8.74. The van der Waals surface area contributed by atoms with Crippen molar-refractivity contribution < 1.29 is 18.8 Å². The highest BCUT2D eigenvalue weighted by Gasteiger charge is 2.53. The Morgan fingerprint density at radius 1 is 1.27 bits per heavy atom. The first kappa shape index (κ1) is 22.2. The van der Waals surface area contributed by atoms with Crippen LogP contribution >= 0.6 is 0 Å². The summed E-state index contributed by atoms with van der Waals surface area (Å²) in [5, 5.41) is 5.53. The van der Waals surface area contributed by atoms with Crippen molar-refractivity contribution in [2.45, 2.75) is 64.8 Å². The molecule has 6 nitrogen and oxygen atoms in total. The van der Waals surface area contributed by atoms with E-state index in [0.717, 1.165) is 24.2 Å². The molecule has 1 aromatic rings. The van der Waals surface area contributed by atoms with Gasteiger partial charge in [-0.3, -0.25) is 14.5 Å². The van der Waals surface area contributed by atoms with Gasteiger partial charge >= 0.3 is 6.03 Å². The minimum absolute atomic E-state index is 0.213. The van der Waals surface area contributed by atoms with Crippen LogP contribution in [0.1, 0.15) is 58.4 Å². The van der Waals surface area contributed by atoms with Gasteiger partial charge in [0, 0.05) is 6.54 Å². The zero-order valence-corrected chi connectivity index (χ0v) is 18.1. The second-order valence-electron chi connectivity index (χ2n) is 9.21. The van der Waals surface area contributed by atoms with E-state index in [1.54, 1.807) is 18.2 Å². The monoisotopic (exact) mass is 417 g/mol. The van der Waals surface area contributed by atoms with Gasteiger partial charge in [-0.2, -0.15) is 0 Å². The lowest BCUT2D eigenvalue weighted by Gasteiger charge is -2.42. The van der Waals surface area contributed by atoms with Gasteiger partial charge in [-0.25, -0.2) is 9.18 Å². The summed E-state index contributed by atoms with van der Waals surface area (Å²) >= 11 is 0. The Morgan fingerprint density at radius 2 is 1.93 bits per heavy atom. The largest absolute Gasteiger partial charge is 0.354 e. The smallest absolute Gasteiger partial charge is 0.325 e. The van der Waals surface area contributed by atoms with Crippen LogP contribution in [0.4, 0.5) is 9.18 Å². The number of rotatable bonds is 7. The van der Waals surface area contributed by atoms with Crippen LogP contribution in [0.2, 0.25) is 0 Å². The van der Waals surface area contributed by atoms with Gasteiger partial charge in [0.05, 0.1) is 0 Å². The quantitative estimate of drug-likeness (QED) is 0.668. The Morgan fingerprint density at radius 3 is 2.57 bits per heavy atom. The minimum atomic E-state index is -0.870. The van der Waals surface area contributed by atoms with Gasteiger partial charge in [-0.05, 0) is 55.1 Å². The van der Waals surface area contributed by atoms with Crippen molar-refractivity contribution in [1.82, 2.24) is 15.5 Å². The van der Waals surface area contributed by atoms with Crippen LogP contribution in [0.25, 0.3) is 0 Å². The predicted molar refractivity (Wildman–Crippen MR) is 112 cm³/mol. The average molecular weight is 418 g/mol. The molecule has 1 aromatic carbocycles. The zero-order valence-electron chi connectivity index (χ0n) is 18.1. The molecule has 2 fully saturated rings. The van der Waals surface area contributed by atoms with Crippen LogP contribution in [0.5, 0.6) is 0 Å². The minimum Gasteiger partial charge on any atom is -0.354 e. The predicted octanol–water partition coefficient (Wildman–Crippen LogP) is 3.40. The fourth-order valence-electron chi connectivity index (χ4n) is 4.58. The van der Waals surface area contributed by atoms with Crippen molar-refractivity contribution in [3.05, 3.63) is 35.6 Å². The van der Waals surface area contributed by atoms with Crippen molar-refractivity contribution in [3.8, 4) is 0 Å². The third-order valence-corrected chi connectivity index (χ3v) is 7.08. The number of nitrogens with zero attached hydrogens (tertiary/aromatic N) is 1. The lowest BCUT2D eigenvalue weighted by molar-refractivity contribution is -0.136. The maximum Gasteiger partial charge on any atom is 0.325 e. The molecule has 0 radical (unpaired) electrons. The van der Waals surface area contributed by atoms with E-state index in [9.17, 15) is 18.8 Å². The normalized spacial score (nSPS) is 24.3. The number of hydrogen-bond acceptors (Lipinski definition) is 3. The topological polar surface area (TPSA) is 78.5 Å². The Kier molecular flexibility index (Phi) is 6.48. The fourth-order valence-corrected chi connectivity index (χ4v) is 4.58. The summed E-state index contributed by atoms with van der Waals surface area (Å²) in [6.07, 6.45) is 4.40. The summed E-state index contributed by atoms with van der Waals surface area (Å²) in [5.74, 6) is -0.518. The maximum atomic E-state index is 13.7. The fraction of sp³-hybridized carbons (Fsp3) is 0.609. The van der Waals surface area contributed by atoms with E-state index in [1.807, 2.05) is 0 Å². The van der Waals surface area contributed by atoms with E-state index < -0.39 is 17.5 Å². The van der Waals surface area contributed by atoms with Crippen LogP contribution in [0.15, 0.2) is 24.3 Å². The SMILES string of the molecule is CCC(C)(C)C1CCC2(CC1)NC(=O)N(CC(=O)NCCc1ccccc1F)C2=O. The first-order valence-corrected chi connectivity index (χ1v) is 10.8. The molecule has 4 amide bonds. The van der Waals surface area contributed by atoms with Gasteiger partial charge < -0.3 is 10.6 Å². The van der Waals surface area contributed by atoms with E-state index >= 15 is 0 Å². The Labute approximate surface area is 177 Å². The number of halogens is 1. The maximum absolute atomic E-state index is 13.7. The highest BCUT2D eigenvalue weighted by Crippen LogP contribution is 2.45. The molecular formula is C23H32FN3O3. The average Bonchev–Trinajstić information content (AvgIpc) is 2.94. The summed E-state index contributed by atoms with van der Waals surface area (Å²) in [4.78, 5) is 38.7. The van der Waals surface area contributed by atoms with Gasteiger partial charge in [0.25, 0.3) is 5.91 Å². The summed E-state index contributed by atoms with van der Waals surface area (Å²) < 4.78 is 13.7. The van der Waals surface area contributed by atoms with Gasteiger partial charge in [0.15, 0.2) is 0 Å². The van der Waals surface area contributed by atoms with E-state index in [4.69, 9.17) is 0 Å². The molecule has 0 unspecified atom stereocenters. The van der Waals surface area contributed by atoms with Gasteiger partial charge in [0.1, 0.15) is 17.9 Å². The third kappa shape index (κ3) is 4.50. The van der Waals surface area contributed by atoms with E-state index in [1.165, 1.54) is 6.07 Å². The molecule has 1 spiro atoms. The molecule has 1 saturated carbocycles. The third-order valence-electron chi connectivity index (χ3n) is 7.08. The summed E-state index contributed by atoms with van der Waals surface area (Å²) in [6.45, 7) is 6.61. The molecule has 7 heteroatoms. The second-order valence-corrected chi connectivity index (χ2v) is 9.21. The van der Waals surface area contributed by atoms with Crippen molar-refractivity contribution in [2.24, 2.45) is 11.3 Å². The zero-order chi connectivity index (χ0) is 21.9. The number of benzene rings is 1. The molecule has 1 aliphatic heterocycles. The number of carbonyl (C=O) groups is 3. The molecule has 2 aliphatic rings. The van der Waals surface area contributed by atoms with Crippen molar-refractivity contribution in [1.29, 1.82) is 0 Å². The van der Waals surface area contributed by atoms with Crippen molar-refractivity contribution in [2.75, 3.05) is 13.1 Å². The molecule has 0 bridgehead atoms. The molecule has 0 aromatic heterocycles. The van der Waals surface area contributed by atoms with Gasteiger partial charge in [0.2, 0.25) is 5.91 Å². The van der Waals surface area contributed by atoms with E-state index in [2.05, 4.69) is 31.4 Å². The summed E-state index contributed by atoms with van der Waals surface area (Å²) in [5.41, 5.74) is -0.144. The van der Waals surface area contributed by atoms with Crippen LogP contribution in [0, 0.1) is 17.2 Å². The molecule has 1 saturated heterocycles. The number of imide groups is 1. The lowest BCUT2D eigenvalue weighted by Crippen LogP contribution is -2.51. The first-order chi connectivity index (χ1) is 14.2. The molecule has 2 N–H and O–H groups in total. The Bertz CT molecular complexity index is 816. The van der Waals surface area contributed by atoms with Crippen LogP contribution in [-0.2, 0) is 16.0 Å². The molecule has 30 heavy (non-hydrogen) atoms. The van der Waals surface area contributed by atoms with E-state index in [-0.39, 0.29) is 30.2 Å². The number of amides is 4. The first-order valence-electron chi connectivity index (χ1n) is 10.8. The molecule has 3 rings (SSSR count). The number of hydrogen-bond donors (Lipinski definition) is 2. The van der Waals surface area contributed by atoms with Crippen LogP contribution < -0.4 is 10.6 Å². The van der Waals surface area contributed by atoms with Gasteiger partial charge in [-0.15, -0.1) is 0 Å². The highest BCUT2D eigenvalue weighted by atomic mass is 19.1. The Hall–Kier alpha value is -2.44. The van der Waals surface area contributed by atoms with E-state index in [0.29, 0.717) is 30.7 Å². The highest BCUT2D eigenvalue weighted by molar-refractivity contribution is 6.09. The van der Waals surface area contributed by atoms with Gasteiger partial charge in [-0.1, -0.05) is 45.4 Å². The van der Waals surface area contributed by atoms with Crippen LogP contribution in [0.3, 0.4) is 0 Å². The lowest BCUT2D eigenvalue weighted by atomic mass is 9.65.